The molecule has 0 unspecified atom stereocenters. The van der Waals surface area contributed by atoms with Gasteiger partial charge in [-0.3, -0.25) is 19.7 Å². The third-order valence-electron chi connectivity index (χ3n) is 5.46. The van der Waals surface area contributed by atoms with Crippen molar-refractivity contribution in [2.75, 3.05) is 0 Å². The quantitative estimate of drug-likeness (QED) is 0.642. The van der Waals surface area contributed by atoms with E-state index < -0.39 is 12.0 Å². The first-order chi connectivity index (χ1) is 14.8. The van der Waals surface area contributed by atoms with Crippen LogP contribution in [0.4, 0.5) is 0 Å². The number of carbonyl (C=O) groups excluding carboxylic acids is 3. The molecule has 7 nitrogen and oxygen atoms in total. The lowest BCUT2D eigenvalue weighted by atomic mass is 9.93. The summed E-state index contributed by atoms with van der Waals surface area (Å²) in [5.41, 5.74) is 4.57. The predicted molar refractivity (Wildman–Crippen MR) is 115 cm³/mol. The van der Waals surface area contributed by atoms with Gasteiger partial charge in [0.15, 0.2) is 0 Å². The number of aliphatic carboxylic acids is 1. The van der Waals surface area contributed by atoms with Gasteiger partial charge >= 0.3 is 5.97 Å². The molecule has 0 bridgehead atoms. The fourth-order valence-electron chi connectivity index (χ4n) is 3.92. The van der Waals surface area contributed by atoms with Crippen molar-refractivity contribution in [3.63, 3.8) is 0 Å². The molecule has 4 rings (SSSR count). The predicted octanol–water partition coefficient (Wildman–Crippen LogP) is 2.84. The van der Waals surface area contributed by atoms with Crippen molar-refractivity contribution in [2.45, 2.75) is 45.1 Å². The van der Waals surface area contributed by atoms with E-state index in [4.69, 9.17) is 0 Å². The van der Waals surface area contributed by atoms with Crippen molar-refractivity contribution in [2.24, 2.45) is 5.92 Å². The van der Waals surface area contributed by atoms with Crippen molar-refractivity contribution in [3.05, 3.63) is 59.7 Å². The third-order valence-corrected chi connectivity index (χ3v) is 5.46. The Morgan fingerprint density at radius 2 is 1.45 bits per heavy atom. The van der Waals surface area contributed by atoms with Crippen LogP contribution in [-0.2, 0) is 19.2 Å². The van der Waals surface area contributed by atoms with Crippen molar-refractivity contribution in [1.82, 2.24) is 10.6 Å². The van der Waals surface area contributed by atoms with E-state index in [1.807, 2.05) is 36.4 Å². The fourth-order valence-corrected chi connectivity index (χ4v) is 3.92. The van der Waals surface area contributed by atoms with Gasteiger partial charge < -0.3 is 10.4 Å². The number of carbonyl (C=O) groups is 4. The van der Waals surface area contributed by atoms with Crippen LogP contribution in [-0.4, -0.2) is 34.8 Å². The Morgan fingerprint density at radius 1 is 0.968 bits per heavy atom. The van der Waals surface area contributed by atoms with Gasteiger partial charge in [-0.1, -0.05) is 62.4 Å². The minimum atomic E-state index is -0.995. The summed E-state index contributed by atoms with van der Waals surface area (Å²) < 4.78 is 0. The SMILES string of the molecule is CC(C)[C@H](NC(=O)CC1c2ccccc2-c2ccccc21)C(=O)O.O=C1CCC(=O)N1. The van der Waals surface area contributed by atoms with Gasteiger partial charge in [-0.15, -0.1) is 0 Å². The smallest absolute Gasteiger partial charge is 0.326 e. The van der Waals surface area contributed by atoms with E-state index in [0.717, 1.165) is 22.3 Å². The minimum absolute atomic E-state index is 0.0287. The Bertz CT molecular complexity index is 955. The summed E-state index contributed by atoms with van der Waals surface area (Å²) in [7, 11) is 0. The maximum absolute atomic E-state index is 12.5. The number of imide groups is 1. The molecule has 1 aliphatic carbocycles. The molecule has 3 N–H and O–H groups in total. The van der Waals surface area contributed by atoms with E-state index in [2.05, 4.69) is 22.8 Å². The van der Waals surface area contributed by atoms with Crippen LogP contribution < -0.4 is 10.6 Å². The number of carboxylic acid groups (broad SMARTS) is 1. The summed E-state index contributed by atoms with van der Waals surface area (Å²) in [6.45, 7) is 3.58. The van der Waals surface area contributed by atoms with Crippen LogP contribution in [0, 0.1) is 5.92 Å². The highest BCUT2D eigenvalue weighted by Gasteiger charge is 2.31. The number of hydrogen-bond acceptors (Lipinski definition) is 4. The maximum Gasteiger partial charge on any atom is 0.326 e. The summed E-state index contributed by atoms with van der Waals surface area (Å²) in [5, 5.41) is 14.1. The molecule has 0 aromatic heterocycles. The first-order valence-electron chi connectivity index (χ1n) is 10.3. The van der Waals surface area contributed by atoms with Gasteiger partial charge in [0.05, 0.1) is 0 Å². The van der Waals surface area contributed by atoms with E-state index in [1.165, 1.54) is 0 Å². The molecule has 1 atom stereocenters. The third kappa shape index (κ3) is 5.17. The minimum Gasteiger partial charge on any atom is -0.480 e. The van der Waals surface area contributed by atoms with E-state index in [1.54, 1.807) is 13.8 Å². The Morgan fingerprint density at radius 3 is 1.84 bits per heavy atom. The molecular formula is C24H26N2O5. The average Bonchev–Trinajstić information content (AvgIpc) is 3.26. The molecule has 0 radical (unpaired) electrons. The number of benzene rings is 2. The van der Waals surface area contributed by atoms with Gasteiger partial charge in [0.25, 0.3) is 0 Å². The van der Waals surface area contributed by atoms with Gasteiger partial charge in [-0.25, -0.2) is 4.79 Å². The standard InChI is InChI=1S/C20H21NO3.C4H5NO2/c1-12(2)19(20(23)24)21-18(22)11-17-15-9-5-3-7-13(15)14-8-4-6-10-16(14)17;6-3-1-2-4(7)5-3/h3-10,12,17,19H,11H2,1-2H3,(H,21,22)(H,23,24);1-2H2,(H,5,6,7)/t19-;/m0./s1. The van der Waals surface area contributed by atoms with Crippen LogP contribution in [0.5, 0.6) is 0 Å². The largest absolute Gasteiger partial charge is 0.480 e. The lowest BCUT2D eigenvalue weighted by Crippen LogP contribution is -2.44. The highest BCUT2D eigenvalue weighted by Crippen LogP contribution is 2.45. The molecule has 2 aromatic carbocycles. The lowest BCUT2D eigenvalue weighted by molar-refractivity contribution is -0.143. The Balaban J connectivity index is 0.000000330. The zero-order chi connectivity index (χ0) is 22.5. The number of hydrogen-bond donors (Lipinski definition) is 3. The summed E-state index contributed by atoms with van der Waals surface area (Å²) in [6, 6.07) is 15.3. The number of nitrogens with one attached hydrogen (secondary N) is 2. The Labute approximate surface area is 180 Å². The molecule has 1 heterocycles. The number of rotatable bonds is 5. The van der Waals surface area contributed by atoms with E-state index in [9.17, 15) is 24.3 Å². The van der Waals surface area contributed by atoms with E-state index >= 15 is 0 Å². The van der Waals surface area contributed by atoms with Crippen LogP contribution in [0.15, 0.2) is 48.5 Å². The van der Waals surface area contributed by atoms with Crippen molar-refractivity contribution in [1.29, 1.82) is 0 Å². The fraction of sp³-hybridized carbons (Fsp3) is 0.333. The molecule has 1 aliphatic heterocycles. The normalized spacial score (nSPS) is 15.5. The molecule has 0 saturated carbocycles. The second kappa shape index (κ2) is 9.55. The molecule has 3 amide bonds. The van der Waals surface area contributed by atoms with Crippen molar-refractivity contribution in [3.8, 4) is 11.1 Å². The summed E-state index contributed by atoms with van der Waals surface area (Å²) in [6.07, 6.45) is 1.00. The highest BCUT2D eigenvalue weighted by atomic mass is 16.4. The molecule has 2 aromatic rings. The molecule has 7 heteroatoms. The average molecular weight is 422 g/mol. The van der Waals surface area contributed by atoms with Gasteiger partial charge in [0.1, 0.15) is 6.04 Å². The van der Waals surface area contributed by atoms with Gasteiger partial charge in [0, 0.05) is 25.2 Å². The van der Waals surface area contributed by atoms with Crippen LogP contribution in [0.2, 0.25) is 0 Å². The highest BCUT2D eigenvalue weighted by molar-refractivity contribution is 6.01. The molecule has 2 aliphatic rings. The first-order valence-corrected chi connectivity index (χ1v) is 10.3. The molecule has 162 valence electrons. The topological polar surface area (TPSA) is 113 Å². The van der Waals surface area contributed by atoms with E-state index in [0.29, 0.717) is 12.8 Å². The summed E-state index contributed by atoms with van der Waals surface area (Å²) >= 11 is 0. The molecule has 1 saturated heterocycles. The zero-order valence-electron chi connectivity index (χ0n) is 17.6. The second-order valence-corrected chi connectivity index (χ2v) is 8.03. The molecule has 1 fully saturated rings. The van der Waals surface area contributed by atoms with E-state index in [-0.39, 0.29) is 36.0 Å². The van der Waals surface area contributed by atoms with Crippen LogP contribution in [0.3, 0.4) is 0 Å². The summed E-state index contributed by atoms with van der Waals surface area (Å²) in [5.74, 6) is -1.71. The van der Waals surface area contributed by atoms with Crippen molar-refractivity contribution < 1.29 is 24.3 Å². The van der Waals surface area contributed by atoms with Crippen molar-refractivity contribution >= 4 is 23.7 Å². The Kier molecular flexibility index (Phi) is 6.84. The summed E-state index contributed by atoms with van der Waals surface area (Å²) in [4.78, 5) is 44.0. The monoisotopic (exact) mass is 422 g/mol. The molecule has 31 heavy (non-hydrogen) atoms. The Hall–Kier alpha value is -3.48. The van der Waals surface area contributed by atoms with Gasteiger partial charge in [0.2, 0.25) is 17.7 Å². The zero-order valence-corrected chi connectivity index (χ0v) is 17.6. The number of amides is 3. The second-order valence-electron chi connectivity index (χ2n) is 8.03. The number of carboxylic acids is 1. The van der Waals surface area contributed by atoms with Crippen LogP contribution in [0.1, 0.15) is 50.2 Å². The van der Waals surface area contributed by atoms with Gasteiger partial charge in [-0.05, 0) is 28.2 Å². The molecule has 0 spiro atoms. The first kappa shape index (κ1) is 22.2. The van der Waals surface area contributed by atoms with Gasteiger partial charge in [-0.2, -0.15) is 0 Å². The molecular weight excluding hydrogens is 396 g/mol. The lowest BCUT2D eigenvalue weighted by Gasteiger charge is -2.20. The number of fused-ring (bicyclic) bond motifs is 3. The maximum atomic E-state index is 12.5. The van der Waals surface area contributed by atoms with Crippen LogP contribution in [0.25, 0.3) is 11.1 Å². The van der Waals surface area contributed by atoms with Crippen LogP contribution >= 0.6 is 0 Å².